The van der Waals surface area contributed by atoms with E-state index in [1.807, 2.05) is 32.9 Å². The molecule has 21 heavy (non-hydrogen) atoms. The van der Waals surface area contributed by atoms with Crippen LogP contribution in [0.15, 0.2) is 41.8 Å². The second kappa shape index (κ2) is 6.30. The third-order valence-electron chi connectivity index (χ3n) is 3.87. The van der Waals surface area contributed by atoms with Crippen LogP contribution < -0.4 is 0 Å². The van der Waals surface area contributed by atoms with Crippen LogP contribution >= 0.6 is 0 Å². The quantitative estimate of drug-likeness (QED) is 0.803. The van der Waals surface area contributed by atoms with E-state index < -0.39 is 10.0 Å². The van der Waals surface area contributed by atoms with Crippen molar-refractivity contribution < 1.29 is 13.2 Å². The average molecular weight is 309 g/mol. The Bertz CT molecular complexity index is 592. The first-order valence-electron chi connectivity index (χ1n) is 7.19. The summed E-state index contributed by atoms with van der Waals surface area (Å²) in [4.78, 5) is 0.337. The lowest BCUT2D eigenvalue weighted by Gasteiger charge is -2.39. The second-order valence-electron chi connectivity index (χ2n) is 5.81. The Kier molecular flexibility index (Phi) is 4.86. The zero-order chi connectivity index (χ0) is 15.6. The summed E-state index contributed by atoms with van der Waals surface area (Å²) in [7, 11) is -3.51. The van der Waals surface area contributed by atoms with Crippen LogP contribution in [-0.2, 0) is 14.8 Å². The van der Waals surface area contributed by atoms with Crippen LogP contribution in [0.25, 0.3) is 0 Å². The van der Waals surface area contributed by atoms with Crippen molar-refractivity contribution in [3.63, 3.8) is 0 Å². The van der Waals surface area contributed by atoms with Crippen LogP contribution in [0.1, 0.15) is 19.4 Å². The zero-order valence-electron chi connectivity index (χ0n) is 12.8. The minimum atomic E-state index is -3.51. The van der Waals surface area contributed by atoms with Gasteiger partial charge < -0.3 is 4.74 Å². The van der Waals surface area contributed by atoms with Crippen LogP contribution in [0.2, 0.25) is 0 Å². The van der Waals surface area contributed by atoms with Gasteiger partial charge in [0, 0.05) is 6.54 Å². The minimum Gasteiger partial charge on any atom is -0.371 e. The van der Waals surface area contributed by atoms with Gasteiger partial charge in [0.1, 0.15) is 0 Å². The Labute approximate surface area is 127 Å². The molecular weight excluding hydrogens is 286 g/mol. The molecule has 0 unspecified atom stereocenters. The molecule has 1 aliphatic rings. The second-order valence-corrected chi connectivity index (χ2v) is 7.70. The maximum Gasteiger partial charge on any atom is 0.243 e. The van der Waals surface area contributed by atoms with Crippen LogP contribution in [0, 0.1) is 12.8 Å². The van der Waals surface area contributed by atoms with Crippen molar-refractivity contribution in [2.75, 3.05) is 13.2 Å². The van der Waals surface area contributed by atoms with Gasteiger partial charge in [0.05, 0.1) is 23.6 Å². The molecule has 5 heteroatoms. The number of ether oxygens (including phenoxy) is 1. The molecule has 2 rings (SSSR count). The van der Waals surface area contributed by atoms with Crippen LogP contribution in [0.4, 0.5) is 0 Å². The SMILES string of the molecule is C=C[C@@H]1CN(S(=O)(=O)c2ccc(C)cc2)[C@H](C(C)C)CO1. The summed E-state index contributed by atoms with van der Waals surface area (Å²) in [5, 5.41) is 0. The van der Waals surface area contributed by atoms with Gasteiger partial charge in [-0.15, -0.1) is 6.58 Å². The van der Waals surface area contributed by atoms with Crippen LogP contribution in [0.5, 0.6) is 0 Å². The fraction of sp³-hybridized carbons (Fsp3) is 0.500. The number of hydrogen-bond donors (Lipinski definition) is 0. The molecule has 1 heterocycles. The number of morpholine rings is 1. The highest BCUT2D eigenvalue weighted by Crippen LogP contribution is 2.26. The molecule has 0 aromatic heterocycles. The minimum absolute atomic E-state index is 0.146. The summed E-state index contributed by atoms with van der Waals surface area (Å²) in [6.45, 7) is 10.4. The van der Waals surface area contributed by atoms with E-state index in [0.717, 1.165) is 5.56 Å². The van der Waals surface area contributed by atoms with Gasteiger partial charge in [0.25, 0.3) is 0 Å². The molecule has 0 bridgehead atoms. The van der Waals surface area contributed by atoms with Gasteiger partial charge in [-0.05, 0) is 25.0 Å². The first kappa shape index (κ1) is 16.2. The largest absolute Gasteiger partial charge is 0.371 e. The highest BCUT2D eigenvalue weighted by Gasteiger charge is 2.38. The molecule has 0 amide bonds. The van der Waals surface area contributed by atoms with E-state index in [1.165, 1.54) is 0 Å². The maximum atomic E-state index is 12.9. The third-order valence-corrected chi connectivity index (χ3v) is 5.78. The van der Waals surface area contributed by atoms with Gasteiger partial charge in [-0.2, -0.15) is 4.31 Å². The number of aryl methyl sites for hydroxylation is 1. The molecule has 1 aromatic carbocycles. The Balaban J connectivity index is 2.38. The van der Waals surface area contributed by atoms with E-state index in [-0.39, 0.29) is 18.1 Å². The molecule has 1 aliphatic heterocycles. The molecule has 0 radical (unpaired) electrons. The van der Waals surface area contributed by atoms with Crippen LogP contribution in [-0.4, -0.2) is 38.0 Å². The Hall–Kier alpha value is -1.17. The summed E-state index contributed by atoms with van der Waals surface area (Å²) in [5.74, 6) is 0.191. The topological polar surface area (TPSA) is 46.6 Å². The lowest BCUT2D eigenvalue weighted by Crippen LogP contribution is -2.53. The highest BCUT2D eigenvalue weighted by atomic mass is 32.2. The monoisotopic (exact) mass is 309 g/mol. The molecule has 116 valence electrons. The van der Waals surface area contributed by atoms with Gasteiger partial charge in [-0.25, -0.2) is 8.42 Å². The van der Waals surface area contributed by atoms with Crippen molar-refractivity contribution in [1.29, 1.82) is 0 Å². The van der Waals surface area contributed by atoms with Gasteiger partial charge >= 0.3 is 0 Å². The Morgan fingerprint density at radius 3 is 2.48 bits per heavy atom. The van der Waals surface area contributed by atoms with E-state index in [2.05, 4.69) is 6.58 Å². The summed E-state index contributed by atoms with van der Waals surface area (Å²) in [5.41, 5.74) is 1.04. The lowest BCUT2D eigenvalue weighted by molar-refractivity contribution is -0.0209. The smallest absolute Gasteiger partial charge is 0.243 e. The number of benzene rings is 1. The summed E-state index contributed by atoms with van der Waals surface area (Å²) < 4.78 is 33.0. The number of hydrogen-bond acceptors (Lipinski definition) is 3. The standard InChI is InChI=1S/C16H23NO3S/c1-5-14-10-17(16(11-20-14)12(2)3)21(18,19)15-8-6-13(4)7-9-15/h5-9,12,14,16H,1,10-11H2,2-4H3/t14-,16+/m1/s1. The van der Waals surface area contributed by atoms with Gasteiger partial charge in [-0.3, -0.25) is 0 Å². The molecule has 1 saturated heterocycles. The summed E-state index contributed by atoms with van der Waals surface area (Å²) in [6.07, 6.45) is 1.41. The number of rotatable bonds is 4. The van der Waals surface area contributed by atoms with E-state index in [1.54, 1.807) is 22.5 Å². The average Bonchev–Trinajstić information content (AvgIpc) is 2.47. The highest BCUT2D eigenvalue weighted by molar-refractivity contribution is 7.89. The predicted octanol–water partition coefficient (Wildman–Crippen LogP) is 2.60. The first-order valence-corrected chi connectivity index (χ1v) is 8.63. The van der Waals surface area contributed by atoms with Crippen molar-refractivity contribution in [1.82, 2.24) is 4.31 Å². The molecule has 1 aromatic rings. The van der Waals surface area contributed by atoms with Gasteiger partial charge in [-0.1, -0.05) is 37.6 Å². The zero-order valence-corrected chi connectivity index (χ0v) is 13.6. The number of nitrogens with zero attached hydrogens (tertiary/aromatic N) is 1. The molecule has 0 aliphatic carbocycles. The lowest BCUT2D eigenvalue weighted by atomic mass is 10.0. The third kappa shape index (κ3) is 3.36. The predicted molar refractivity (Wildman–Crippen MR) is 83.6 cm³/mol. The molecule has 0 saturated carbocycles. The van der Waals surface area contributed by atoms with E-state index in [9.17, 15) is 8.42 Å². The van der Waals surface area contributed by atoms with Crippen LogP contribution in [0.3, 0.4) is 0 Å². The molecule has 2 atom stereocenters. The number of sulfonamides is 1. The Morgan fingerprint density at radius 1 is 1.33 bits per heavy atom. The van der Waals surface area contributed by atoms with Crippen molar-refractivity contribution in [2.24, 2.45) is 5.92 Å². The Morgan fingerprint density at radius 2 is 1.95 bits per heavy atom. The van der Waals surface area contributed by atoms with Crippen molar-refractivity contribution in [2.45, 2.75) is 37.8 Å². The van der Waals surface area contributed by atoms with E-state index >= 15 is 0 Å². The van der Waals surface area contributed by atoms with Gasteiger partial charge in [0.2, 0.25) is 10.0 Å². The summed E-state index contributed by atoms with van der Waals surface area (Å²) in [6, 6.07) is 6.83. The van der Waals surface area contributed by atoms with Crippen molar-refractivity contribution >= 4 is 10.0 Å². The fourth-order valence-corrected chi connectivity index (χ4v) is 4.22. The molecule has 1 fully saturated rings. The van der Waals surface area contributed by atoms with Gasteiger partial charge in [0.15, 0.2) is 0 Å². The van der Waals surface area contributed by atoms with Crippen molar-refractivity contribution in [3.05, 3.63) is 42.5 Å². The first-order chi connectivity index (χ1) is 9.86. The summed E-state index contributed by atoms with van der Waals surface area (Å²) >= 11 is 0. The normalized spacial score (nSPS) is 24.2. The fourth-order valence-electron chi connectivity index (χ4n) is 2.46. The molecular formula is C16H23NO3S. The molecule has 4 nitrogen and oxygen atoms in total. The van der Waals surface area contributed by atoms with E-state index in [0.29, 0.717) is 18.0 Å². The molecule has 0 spiro atoms. The van der Waals surface area contributed by atoms with E-state index in [4.69, 9.17) is 4.74 Å². The maximum absolute atomic E-state index is 12.9. The molecule has 0 N–H and O–H groups in total. The van der Waals surface area contributed by atoms with Crippen molar-refractivity contribution in [3.8, 4) is 0 Å².